The highest BCUT2D eigenvalue weighted by Gasteiger charge is 2.31. The van der Waals surface area contributed by atoms with Crippen LogP contribution in [0.3, 0.4) is 0 Å². The fourth-order valence-corrected chi connectivity index (χ4v) is 3.86. The van der Waals surface area contributed by atoms with Crippen LogP contribution in [0.1, 0.15) is 11.1 Å². The summed E-state index contributed by atoms with van der Waals surface area (Å²) in [4.78, 5) is 14.9. The van der Waals surface area contributed by atoms with Gasteiger partial charge in [0.1, 0.15) is 23.3 Å². The summed E-state index contributed by atoms with van der Waals surface area (Å²) in [6, 6.07) is 21.5. The molecule has 0 unspecified atom stereocenters. The number of amides is 1. The lowest BCUT2D eigenvalue weighted by Gasteiger charge is -2.41. The molecule has 4 aromatic rings. The number of pyridine rings is 1. The number of aromatic nitrogens is 2. The monoisotopic (exact) mass is 472 g/mol. The number of benzene rings is 2. The van der Waals surface area contributed by atoms with Crippen LogP contribution in [0.2, 0.25) is 0 Å². The first-order valence-corrected chi connectivity index (χ1v) is 11.3. The molecular formula is C27H28N4O4. The van der Waals surface area contributed by atoms with Crippen LogP contribution in [-0.2, 0) is 22.7 Å². The van der Waals surface area contributed by atoms with Gasteiger partial charge in [-0.2, -0.15) is 0 Å². The lowest BCUT2D eigenvalue weighted by molar-refractivity contribution is -0.106. The van der Waals surface area contributed by atoms with Gasteiger partial charge in [0.2, 0.25) is 6.41 Å². The maximum atomic E-state index is 10.4. The second-order valence-corrected chi connectivity index (χ2v) is 8.01. The van der Waals surface area contributed by atoms with Crippen molar-refractivity contribution < 1.29 is 19.4 Å². The highest BCUT2D eigenvalue weighted by Crippen LogP contribution is 2.35. The Balaban J connectivity index is 0.000000917. The number of phenols is 1. The number of aromatic hydroxyl groups is 1. The first-order valence-electron chi connectivity index (χ1n) is 11.3. The van der Waals surface area contributed by atoms with Gasteiger partial charge in [0.05, 0.1) is 32.0 Å². The smallest absolute Gasteiger partial charge is 0.204 e. The summed E-state index contributed by atoms with van der Waals surface area (Å²) in [6.45, 7) is 2.64. The first kappa shape index (κ1) is 23.8. The van der Waals surface area contributed by atoms with E-state index in [4.69, 9.17) is 14.3 Å². The third-order valence-corrected chi connectivity index (χ3v) is 5.53. The zero-order chi connectivity index (χ0) is 24.5. The van der Waals surface area contributed by atoms with Gasteiger partial charge in [-0.15, -0.1) is 0 Å². The van der Waals surface area contributed by atoms with Crippen LogP contribution in [-0.4, -0.2) is 40.3 Å². The number of anilines is 1. The standard InChI is InChI=1S/C26H25N3O3.CH3NO/c30-25-7-3-6-24(26(25)28-13-1-2-14-28)29-16-23(17-29)32-22-10-8-20(9-11-22)18-31-19-21-5-4-12-27-15-21;2-1-3/h1-15,23,30H,16-19H2;1H,(H2,2,3). The molecule has 180 valence electrons. The number of carbonyl (C=O) groups is 1. The minimum atomic E-state index is 0.113. The molecule has 5 rings (SSSR count). The average Bonchev–Trinajstić information content (AvgIpc) is 3.38. The third-order valence-electron chi connectivity index (χ3n) is 5.53. The summed E-state index contributed by atoms with van der Waals surface area (Å²) < 4.78 is 13.8. The maximum Gasteiger partial charge on any atom is 0.204 e. The topological polar surface area (TPSA) is 103 Å². The Bertz CT molecular complexity index is 1190. The van der Waals surface area contributed by atoms with Gasteiger partial charge in [-0.05, 0) is 53.6 Å². The van der Waals surface area contributed by atoms with Crippen molar-refractivity contribution in [2.45, 2.75) is 19.3 Å². The van der Waals surface area contributed by atoms with Crippen molar-refractivity contribution in [1.29, 1.82) is 0 Å². The van der Waals surface area contributed by atoms with Crippen LogP contribution >= 0.6 is 0 Å². The van der Waals surface area contributed by atoms with E-state index in [0.29, 0.717) is 13.2 Å². The molecule has 8 nitrogen and oxygen atoms in total. The van der Waals surface area contributed by atoms with Crippen molar-refractivity contribution in [2.24, 2.45) is 5.73 Å². The van der Waals surface area contributed by atoms with Gasteiger partial charge in [-0.1, -0.05) is 24.3 Å². The zero-order valence-electron chi connectivity index (χ0n) is 19.2. The van der Waals surface area contributed by atoms with Crippen LogP contribution in [0.25, 0.3) is 5.69 Å². The zero-order valence-corrected chi connectivity index (χ0v) is 19.2. The lowest BCUT2D eigenvalue weighted by atomic mass is 10.1. The lowest BCUT2D eigenvalue weighted by Crippen LogP contribution is -2.54. The van der Waals surface area contributed by atoms with Gasteiger partial charge in [-0.25, -0.2) is 0 Å². The summed E-state index contributed by atoms with van der Waals surface area (Å²) in [5, 5.41) is 10.4. The van der Waals surface area contributed by atoms with Crippen molar-refractivity contribution in [2.75, 3.05) is 18.0 Å². The maximum absolute atomic E-state index is 10.4. The molecule has 1 amide bonds. The van der Waals surface area contributed by atoms with Gasteiger partial charge in [-0.3, -0.25) is 9.78 Å². The Morgan fingerprint density at radius 3 is 2.37 bits per heavy atom. The number of rotatable bonds is 8. The van der Waals surface area contributed by atoms with Crippen LogP contribution in [0.5, 0.6) is 11.5 Å². The van der Waals surface area contributed by atoms with E-state index in [1.807, 2.05) is 83.8 Å². The molecule has 1 saturated heterocycles. The molecule has 0 bridgehead atoms. The Labute approximate surface area is 204 Å². The van der Waals surface area contributed by atoms with Crippen molar-refractivity contribution in [3.05, 3.63) is 103 Å². The summed E-state index contributed by atoms with van der Waals surface area (Å²) >= 11 is 0. The fraction of sp³-hybridized carbons (Fsp3) is 0.185. The molecule has 1 fully saturated rings. The molecule has 0 radical (unpaired) electrons. The highest BCUT2D eigenvalue weighted by atomic mass is 16.5. The number of phenolic OH excluding ortho intramolecular Hbond substituents is 1. The van der Waals surface area contributed by atoms with Gasteiger partial charge in [0.15, 0.2) is 0 Å². The summed E-state index contributed by atoms with van der Waals surface area (Å²) in [7, 11) is 0. The van der Waals surface area contributed by atoms with E-state index < -0.39 is 0 Å². The number of para-hydroxylation sites is 1. The molecule has 0 aliphatic carbocycles. The van der Waals surface area contributed by atoms with Gasteiger partial charge >= 0.3 is 0 Å². The van der Waals surface area contributed by atoms with Crippen molar-refractivity contribution in [3.63, 3.8) is 0 Å². The molecule has 1 aliphatic heterocycles. The molecule has 35 heavy (non-hydrogen) atoms. The van der Waals surface area contributed by atoms with Crippen LogP contribution in [0.4, 0.5) is 5.69 Å². The van der Waals surface area contributed by atoms with E-state index >= 15 is 0 Å². The summed E-state index contributed by atoms with van der Waals surface area (Å²) in [5.41, 5.74) is 8.13. The normalized spacial score (nSPS) is 12.9. The molecule has 2 aromatic carbocycles. The molecule has 8 heteroatoms. The van der Waals surface area contributed by atoms with Crippen molar-refractivity contribution in [1.82, 2.24) is 9.55 Å². The quantitative estimate of drug-likeness (QED) is 0.380. The number of primary amides is 1. The Morgan fingerprint density at radius 2 is 1.69 bits per heavy atom. The minimum Gasteiger partial charge on any atom is -0.506 e. The third kappa shape index (κ3) is 6.18. The van der Waals surface area contributed by atoms with Gasteiger partial charge in [0.25, 0.3) is 0 Å². The summed E-state index contributed by atoms with van der Waals surface area (Å²) in [6.07, 6.45) is 7.82. The number of nitrogens with two attached hydrogens (primary N) is 1. The number of carbonyl (C=O) groups excluding carboxylic acids is 1. The van der Waals surface area contributed by atoms with Crippen molar-refractivity contribution in [3.8, 4) is 17.2 Å². The SMILES string of the molecule is NC=O.Oc1cccc(N2CC(Oc3ccc(COCc4cccnc4)cc3)C2)c1-n1cccc1. The molecule has 0 atom stereocenters. The number of ether oxygens (including phenoxy) is 2. The van der Waals surface area contributed by atoms with Crippen LogP contribution in [0, 0.1) is 0 Å². The Morgan fingerprint density at radius 1 is 0.971 bits per heavy atom. The van der Waals surface area contributed by atoms with E-state index in [1.54, 1.807) is 12.3 Å². The Kier molecular flexibility index (Phi) is 7.98. The van der Waals surface area contributed by atoms with Gasteiger partial charge < -0.3 is 29.8 Å². The van der Waals surface area contributed by atoms with Crippen LogP contribution < -0.4 is 15.4 Å². The number of hydrogen-bond acceptors (Lipinski definition) is 6. The fourth-order valence-electron chi connectivity index (χ4n) is 3.86. The molecule has 3 N–H and O–H groups in total. The average molecular weight is 473 g/mol. The largest absolute Gasteiger partial charge is 0.506 e. The number of hydrogen-bond donors (Lipinski definition) is 2. The van der Waals surface area contributed by atoms with Gasteiger partial charge in [0, 0.05) is 24.8 Å². The molecule has 3 heterocycles. The minimum absolute atomic E-state index is 0.113. The van der Waals surface area contributed by atoms with Crippen LogP contribution in [0.15, 0.2) is 91.5 Å². The molecule has 0 saturated carbocycles. The predicted octanol–water partition coefficient (Wildman–Crippen LogP) is 3.66. The number of nitrogens with zero attached hydrogens (tertiary/aromatic N) is 3. The summed E-state index contributed by atoms with van der Waals surface area (Å²) in [5.74, 6) is 1.12. The second kappa shape index (κ2) is 11.7. The Hall–Kier alpha value is -4.30. The van der Waals surface area contributed by atoms with E-state index in [1.165, 1.54) is 0 Å². The van der Waals surface area contributed by atoms with E-state index in [2.05, 4.69) is 15.6 Å². The highest BCUT2D eigenvalue weighted by molar-refractivity contribution is 5.70. The molecule has 1 aliphatic rings. The van der Waals surface area contributed by atoms with E-state index in [0.717, 1.165) is 41.3 Å². The van der Waals surface area contributed by atoms with Crippen molar-refractivity contribution >= 4 is 12.1 Å². The molecule has 0 spiro atoms. The molecule has 2 aromatic heterocycles. The van der Waals surface area contributed by atoms with E-state index in [-0.39, 0.29) is 18.3 Å². The molecular weight excluding hydrogens is 444 g/mol. The first-order chi connectivity index (χ1) is 17.2. The second-order valence-electron chi connectivity index (χ2n) is 8.01. The van der Waals surface area contributed by atoms with E-state index in [9.17, 15) is 5.11 Å². The predicted molar refractivity (Wildman–Crippen MR) is 133 cm³/mol.